The van der Waals surface area contributed by atoms with Gasteiger partial charge < -0.3 is 30.2 Å². The zero-order valence-electron chi connectivity index (χ0n) is 29.3. The van der Waals surface area contributed by atoms with Gasteiger partial charge in [0.1, 0.15) is 22.8 Å². The summed E-state index contributed by atoms with van der Waals surface area (Å²) < 4.78 is 44.2. The van der Waals surface area contributed by atoms with E-state index < -0.39 is 70.9 Å². The highest BCUT2D eigenvalue weighted by molar-refractivity contribution is 5.87. The van der Waals surface area contributed by atoms with Gasteiger partial charge in [0.2, 0.25) is 5.91 Å². The van der Waals surface area contributed by atoms with Crippen molar-refractivity contribution in [2.24, 2.45) is 0 Å². The molecule has 13 heteroatoms. The first kappa shape index (κ1) is 40.6. The zero-order chi connectivity index (χ0) is 36.8. The topological polar surface area (TPSA) is 149 Å². The third-order valence-electron chi connectivity index (χ3n) is 6.79. The first-order valence-corrected chi connectivity index (χ1v) is 16.2. The van der Waals surface area contributed by atoms with Crippen molar-refractivity contribution >= 4 is 29.8 Å². The Morgan fingerprint density at radius 3 is 1.96 bits per heavy atom. The van der Waals surface area contributed by atoms with E-state index in [1.165, 1.54) is 6.92 Å². The third-order valence-corrected chi connectivity index (χ3v) is 6.79. The highest BCUT2D eigenvalue weighted by Crippen LogP contribution is 2.17. The molecule has 0 aliphatic rings. The molecule has 0 aliphatic heterocycles. The summed E-state index contributed by atoms with van der Waals surface area (Å²) in [4.78, 5) is 63.2. The van der Waals surface area contributed by atoms with Crippen LogP contribution >= 0.6 is 0 Å². The van der Waals surface area contributed by atoms with E-state index >= 15 is 0 Å². The van der Waals surface area contributed by atoms with Gasteiger partial charge in [-0.1, -0.05) is 30.3 Å². The van der Waals surface area contributed by atoms with Crippen LogP contribution in [0.15, 0.2) is 48.5 Å². The predicted molar refractivity (Wildman–Crippen MR) is 179 cm³/mol. The molecule has 11 nitrogen and oxygen atoms in total. The number of ether oxygens (including phenoxy) is 3. The first-order valence-electron chi connectivity index (χ1n) is 16.2. The quantitative estimate of drug-likeness (QED) is 0.115. The van der Waals surface area contributed by atoms with E-state index in [-0.39, 0.29) is 50.6 Å². The van der Waals surface area contributed by atoms with E-state index in [1.54, 1.807) is 41.5 Å². The van der Waals surface area contributed by atoms with Gasteiger partial charge in [-0.05, 0) is 96.6 Å². The fraction of sp³-hybridized carbons (Fsp3) is 0.528. The lowest BCUT2D eigenvalue weighted by molar-refractivity contribution is -0.155. The number of halogens is 2. The number of nitrogens with one attached hydrogen (secondary N) is 3. The van der Waals surface area contributed by atoms with Crippen LogP contribution in [0.3, 0.4) is 0 Å². The molecule has 2 aromatic rings. The van der Waals surface area contributed by atoms with Crippen LogP contribution in [0, 0.1) is 11.6 Å². The molecule has 0 saturated carbocycles. The number of esters is 1. The summed E-state index contributed by atoms with van der Waals surface area (Å²) in [7, 11) is 0. The van der Waals surface area contributed by atoms with Gasteiger partial charge in [0.15, 0.2) is 11.9 Å². The summed E-state index contributed by atoms with van der Waals surface area (Å²) in [6.07, 6.45) is -2.26. The Kier molecular flexibility index (Phi) is 15.6. The van der Waals surface area contributed by atoms with Crippen molar-refractivity contribution < 1.29 is 47.0 Å². The summed E-state index contributed by atoms with van der Waals surface area (Å²) in [6, 6.07) is 10.3. The standard InChI is InChI=1S/C36H49F2N3O8/c1-23(42)47-32(29(19-24-13-9-8-10-14-24)41-34(46)49-36(5,6)7)30(43)15-11-12-16-31(44)39-22-27(40-33(45)48-35(2,3)4)21-25-20-26(37)17-18-28(25)38/h8-10,13-14,17-18,20,27,29,32H,11-12,15-16,19,21-22H2,1-7H3,(H,39,44)(H,40,45)(H,41,46)/t27?,29-,32+/m1/s1. The molecule has 0 aromatic heterocycles. The van der Waals surface area contributed by atoms with Crippen LogP contribution in [0.4, 0.5) is 18.4 Å². The van der Waals surface area contributed by atoms with Crippen molar-refractivity contribution in [2.75, 3.05) is 6.54 Å². The largest absolute Gasteiger partial charge is 0.452 e. The van der Waals surface area contributed by atoms with Gasteiger partial charge in [-0.25, -0.2) is 18.4 Å². The molecule has 3 atom stereocenters. The van der Waals surface area contributed by atoms with Gasteiger partial charge in [-0.2, -0.15) is 0 Å². The number of hydrogen-bond donors (Lipinski definition) is 3. The monoisotopic (exact) mass is 689 g/mol. The lowest BCUT2D eigenvalue weighted by Crippen LogP contribution is -2.51. The second kappa shape index (κ2) is 18.8. The Labute approximate surface area is 286 Å². The minimum absolute atomic E-state index is 0.0165. The summed E-state index contributed by atoms with van der Waals surface area (Å²) in [5.41, 5.74) is -0.793. The first-order chi connectivity index (χ1) is 22.8. The van der Waals surface area contributed by atoms with Gasteiger partial charge in [0.25, 0.3) is 0 Å². The smallest absolute Gasteiger partial charge is 0.408 e. The second-order valence-corrected chi connectivity index (χ2v) is 13.7. The van der Waals surface area contributed by atoms with E-state index in [4.69, 9.17) is 14.2 Å². The maximum atomic E-state index is 14.3. The summed E-state index contributed by atoms with van der Waals surface area (Å²) >= 11 is 0. The number of alkyl carbamates (subject to hydrolysis) is 2. The summed E-state index contributed by atoms with van der Waals surface area (Å²) in [5, 5.41) is 7.97. The number of rotatable bonds is 16. The molecule has 0 radical (unpaired) electrons. The third kappa shape index (κ3) is 16.9. The fourth-order valence-electron chi connectivity index (χ4n) is 4.78. The van der Waals surface area contributed by atoms with Crippen LogP contribution in [0.2, 0.25) is 0 Å². The van der Waals surface area contributed by atoms with E-state index in [2.05, 4.69) is 16.0 Å². The van der Waals surface area contributed by atoms with Gasteiger partial charge >= 0.3 is 18.2 Å². The highest BCUT2D eigenvalue weighted by Gasteiger charge is 2.33. The maximum Gasteiger partial charge on any atom is 0.408 e. The molecule has 3 amide bonds. The predicted octanol–water partition coefficient (Wildman–Crippen LogP) is 5.71. The van der Waals surface area contributed by atoms with Crippen molar-refractivity contribution in [2.45, 2.75) is 116 Å². The normalized spacial score (nSPS) is 13.3. The molecule has 0 saturated heterocycles. The molecule has 1 unspecified atom stereocenters. The minimum atomic E-state index is -1.30. The Hall–Kier alpha value is -4.55. The van der Waals surface area contributed by atoms with E-state index in [9.17, 15) is 32.8 Å². The molecule has 2 rings (SSSR count). The van der Waals surface area contributed by atoms with Crippen LogP contribution in [-0.4, -0.2) is 65.8 Å². The number of amides is 3. The Morgan fingerprint density at radius 2 is 1.37 bits per heavy atom. The average Bonchev–Trinajstić information content (AvgIpc) is 2.96. The van der Waals surface area contributed by atoms with Crippen molar-refractivity contribution in [3.05, 3.63) is 71.3 Å². The molecular formula is C36H49F2N3O8. The van der Waals surface area contributed by atoms with E-state index in [0.717, 1.165) is 23.8 Å². The molecule has 0 aliphatic carbocycles. The number of hydrogen-bond acceptors (Lipinski definition) is 8. The van der Waals surface area contributed by atoms with Gasteiger partial charge in [-0.15, -0.1) is 0 Å². The average molecular weight is 690 g/mol. The van der Waals surface area contributed by atoms with E-state index in [1.807, 2.05) is 30.3 Å². The molecule has 270 valence electrons. The van der Waals surface area contributed by atoms with Crippen LogP contribution < -0.4 is 16.0 Å². The maximum absolute atomic E-state index is 14.3. The minimum Gasteiger partial charge on any atom is -0.452 e. The van der Waals surface area contributed by atoms with Crippen molar-refractivity contribution in [3.8, 4) is 0 Å². The number of ketones is 1. The molecule has 2 aromatic carbocycles. The number of carbonyl (C=O) groups is 5. The molecule has 3 N–H and O–H groups in total. The molecular weight excluding hydrogens is 640 g/mol. The van der Waals surface area contributed by atoms with Gasteiger partial charge in [-0.3, -0.25) is 14.4 Å². The molecule has 49 heavy (non-hydrogen) atoms. The van der Waals surface area contributed by atoms with Gasteiger partial charge in [0, 0.05) is 26.3 Å². The SMILES string of the molecule is CC(=O)O[C@H](C(=O)CCCCC(=O)NCC(Cc1cc(F)ccc1F)NC(=O)OC(C)(C)C)[C@@H](Cc1ccccc1)NC(=O)OC(C)(C)C. The van der Waals surface area contributed by atoms with Crippen molar-refractivity contribution in [1.29, 1.82) is 0 Å². The number of carbonyl (C=O) groups excluding carboxylic acids is 5. The fourth-order valence-corrected chi connectivity index (χ4v) is 4.78. The van der Waals surface area contributed by atoms with Crippen molar-refractivity contribution in [1.82, 2.24) is 16.0 Å². The highest BCUT2D eigenvalue weighted by atomic mass is 19.1. The zero-order valence-corrected chi connectivity index (χ0v) is 29.3. The van der Waals surface area contributed by atoms with Crippen molar-refractivity contribution in [3.63, 3.8) is 0 Å². The van der Waals surface area contributed by atoms with Crippen LogP contribution in [0.5, 0.6) is 0 Å². The van der Waals surface area contributed by atoms with Crippen LogP contribution in [-0.2, 0) is 41.4 Å². The summed E-state index contributed by atoms with van der Waals surface area (Å²) in [6.45, 7) is 11.2. The molecule has 0 spiro atoms. The lowest BCUT2D eigenvalue weighted by atomic mass is 9.96. The Morgan fingerprint density at radius 1 is 0.776 bits per heavy atom. The lowest BCUT2D eigenvalue weighted by Gasteiger charge is -2.28. The van der Waals surface area contributed by atoms with Gasteiger partial charge in [0.05, 0.1) is 12.1 Å². The summed E-state index contributed by atoms with van der Waals surface area (Å²) in [5.74, 6) is -2.84. The number of benzene rings is 2. The molecule has 0 heterocycles. The second-order valence-electron chi connectivity index (χ2n) is 13.7. The number of unbranched alkanes of at least 4 members (excludes halogenated alkanes) is 1. The van der Waals surface area contributed by atoms with E-state index in [0.29, 0.717) is 0 Å². The van der Waals surface area contributed by atoms with Crippen LogP contribution in [0.25, 0.3) is 0 Å². The Bertz CT molecular complexity index is 1420. The Balaban J connectivity index is 2.02. The number of Topliss-reactive ketones (excluding diaryl/α,β-unsaturated/α-hetero) is 1. The molecule has 0 fully saturated rings. The molecule has 0 bridgehead atoms. The van der Waals surface area contributed by atoms with Crippen LogP contribution in [0.1, 0.15) is 85.3 Å².